The van der Waals surface area contributed by atoms with E-state index in [0.29, 0.717) is 30.2 Å². The zero-order valence-electron chi connectivity index (χ0n) is 19.9. The van der Waals surface area contributed by atoms with Crippen LogP contribution in [0.4, 0.5) is 5.69 Å². The van der Waals surface area contributed by atoms with Crippen molar-refractivity contribution in [3.8, 4) is 11.5 Å². The molecule has 1 amide bonds. The molecule has 0 aliphatic heterocycles. The summed E-state index contributed by atoms with van der Waals surface area (Å²) < 4.78 is 38.7. The topological polar surface area (TPSA) is 84.9 Å². The number of nitrogens with zero attached hydrogens (tertiary/aromatic N) is 1. The van der Waals surface area contributed by atoms with Crippen LogP contribution in [-0.2, 0) is 21.2 Å². The minimum absolute atomic E-state index is 0.133. The number of ether oxygens (including phenoxy) is 2. The summed E-state index contributed by atoms with van der Waals surface area (Å²) in [6.07, 6.45) is 0.557. The van der Waals surface area contributed by atoms with Crippen molar-refractivity contribution in [1.82, 2.24) is 5.32 Å². The number of benzene rings is 3. The number of rotatable bonds is 10. The second-order valence-corrected chi connectivity index (χ2v) is 9.70. The van der Waals surface area contributed by atoms with Crippen molar-refractivity contribution in [2.45, 2.75) is 25.2 Å². The minimum atomic E-state index is -3.94. The van der Waals surface area contributed by atoms with Crippen molar-refractivity contribution in [3.63, 3.8) is 0 Å². The largest absolute Gasteiger partial charge is 0.493 e. The maximum Gasteiger partial charge on any atom is 0.264 e. The van der Waals surface area contributed by atoms with E-state index < -0.39 is 10.0 Å². The summed E-state index contributed by atoms with van der Waals surface area (Å²) in [6.45, 7) is 3.79. The molecule has 8 heteroatoms. The molecule has 7 nitrogen and oxygen atoms in total. The Morgan fingerprint density at radius 2 is 1.62 bits per heavy atom. The third-order valence-electron chi connectivity index (χ3n) is 5.65. The standard InChI is InChI=1S/C26H30N2O5S/c1-19-9-8-12-23(20(19)2)28(34(30,31)22-10-6-5-7-11-22)18-26(29)27-16-15-21-13-14-24(32-3)25(17-21)33-4/h5-14,17H,15-16,18H2,1-4H3,(H,27,29). The molecule has 0 spiro atoms. The molecule has 0 radical (unpaired) electrons. The predicted molar refractivity (Wildman–Crippen MR) is 133 cm³/mol. The van der Waals surface area contributed by atoms with E-state index >= 15 is 0 Å². The number of carbonyl (C=O) groups is 1. The molecule has 0 saturated carbocycles. The van der Waals surface area contributed by atoms with Crippen LogP contribution >= 0.6 is 0 Å². The predicted octanol–water partition coefficient (Wildman–Crippen LogP) is 3.87. The summed E-state index contributed by atoms with van der Waals surface area (Å²) in [5, 5.41) is 2.84. The van der Waals surface area contributed by atoms with Crippen LogP contribution in [0.3, 0.4) is 0 Å². The quantitative estimate of drug-likeness (QED) is 0.474. The van der Waals surface area contributed by atoms with Gasteiger partial charge in [0.25, 0.3) is 10.0 Å². The van der Waals surface area contributed by atoms with Crippen LogP contribution < -0.4 is 19.1 Å². The van der Waals surface area contributed by atoms with Gasteiger partial charge in [-0.1, -0.05) is 36.4 Å². The zero-order chi connectivity index (χ0) is 24.7. The van der Waals surface area contributed by atoms with E-state index in [4.69, 9.17) is 9.47 Å². The third-order valence-corrected chi connectivity index (χ3v) is 7.42. The fraction of sp³-hybridized carbons (Fsp3) is 0.269. The minimum Gasteiger partial charge on any atom is -0.493 e. The molecule has 0 aliphatic rings. The molecule has 180 valence electrons. The number of methoxy groups -OCH3 is 2. The Hall–Kier alpha value is -3.52. The fourth-order valence-corrected chi connectivity index (χ4v) is 5.09. The van der Waals surface area contributed by atoms with E-state index in [9.17, 15) is 13.2 Å². The summed E-state index contributed by atoms with van der Waals surface area (Å²) in [5.74, 6) is 0.854. The molecule has 0 heterocycles. The van der Waals surface area contributed by atoms with E-state index in [2.05, 4.69) is 5.32 Å². The normalized spacial score (nSPS) is 11.1. The molecule has 3 aromatic carbocycles. The van der Waals surface area contributed by atoms with Gasteiger partial charge in [-0.25, -0.2) is 8.42 Å². The van der Waals surface area contributed by atoms with Crippen LogP contribution in [0.2, 0.25) is 0 Å². The van der Waals surface area contributed by atoms with Gasteiger partial charge in [-0.2, -0.15) is 0 Å². The van der Waals surface area contributed by atoms with Crippen molar-refractivity contribution in [2.75, 3.05) is 31.6 Å². The van der Waals surface area contributed by atoms with Crippen LogP contribution in [0.25, 0.3) is 0 Å². The first-order valence-corrected chi connectivity index (χ1v) is 12.3. The van der Waals surface area contributed by atoms with E-state index in [1.807, 2.05) is 38.1 Å². The first-order valence-electron chi connectivity index (χ1n) is 10.9. The van der Waals surface area contributed by atoms with Gasteiger partial charge >= 0.3 is 0 Å². The number of carbonyl (C=O) groups excluding carboxylic acids is 1. The molecule has 3 rings (SSSR count). The van der Waals surface area contributed by atoms with Crippen LogP contribution in [0, 0.1) is 13.8 Å². The first-order chi connectivity index (χ1) is 16.3. The van der Waals surface area contributed by atoms with Crippen molar-refractivity contribution < 1.29 is 22.7 Å². The van der Waals surface area contributed by atoms with Crippen molar-refractivity contribution in [1.29, 1.82) is 0 Å². The molecule has 0 fully saturated rings. The molecule has 3 aromatic rings. The SMILES string of the molecule is COc1ccc(CCNC(=O)CN(c2cccc(C)c2C)S(=O)(=O)c2ccccc2)cc1OC. The van der Waals surface area contributed by atoms with Gasteiger partial charge in [0.1, 0.15) is 6.54 Å². The molecular formula is C26H30N2O5S. The Morgan fingerprint density at radius 1 is 0.912 bits per heavy atom. The molecular weight excluding hydrogens is 452 g/mol. The average Bonchev–Trinajstić information content (AvgIpc) is 2.84. The van der Waals surface area contributed by atoms with E-state index in [0.717, 1.165) is 16.7 Å². The fourth-order valence-electron chi connectivity index (χ4n) is 3.59. The number of hydrogen-bond donors (Lipinski definition) is 1. The molecule has 1 N–H and O–H groups in total. The van der Waals surface area contributed by atoms with Crippen LogP contribution in [0.15, 0.2) is 71.6 Å². The van der Waals surface area contributed by atoms with E-state index in [1.165, 1.54) is 16.4 Å². The Kier molecular flexibility index (Phi) is 8.17. The number of sulfonamides is 1. The number of aryl methyl sites for hydroxylation is 1. The Labute approximate surface area is 201 Å². The second kappa shape index (κ2) is 11.1. The van der Waals surface area contributed by atoms with Crippen molar-refractivity contribution in [3.05, 3.63) is 83.4 Å². The highest BCUT2D eigenvalue weighted by molar-refractivity contribution is 7.92. The Morgan fingerprint density at radius 3 is 2.29 bits per heavy atom. The maximum atomic E-state index is 13.5. The molecule has 0 atom stereocenters. The van der Waals surface area contributed by atoms with Crippen molar-refractivity contribution >= 4 is 21.6 Å². The van der Waals surface area contributed by atoms with Gasteiger partial charge < -0.3 is 14.8 Å². The third kappa shape index (κ3) is 5.69. The molecule has 0 aromatic heterocycles. The zero-order valence-corrected chi connectivity index (χ0v) is 20.7. The van der Waals surface area contributed by atoms with Gasteiger partial charge in [0.2, 0.25) is 5.91 Å². The summed E-state index contributed by atoms with van der Waals surface area (Å²) >= 11 is 0. The number of anilines is 1. The molecule has 34 heavy (non-hydrogen) atoms. The Balaban J connectivity index is 1.78. The van der Waals surface area contributed by atoms with Gasteiger partial charge in [-0.15, -0.1) is 0 Å². The average molecular weight is 483 g/mol. The van der Waals surface area contributed by atoms with Crippen LogP contribution in [-0.4, -0.2) is 41.6 Å². The molecule has 0 saturated heterocycles. The second-order valence-electron chi connectivity index (χ2n) is 7.83. The molecule has 0 unspecified atom stereocenters. The molecule has 0 aliphatic carbocycles. The number of nitrogens with one attached hydrogen (secondary N) is 1. The lowest BCUT2D eigenvalue weighted by molar-refractivity contribution is -0.119. The lowest BCUT2D eigenvalue weighted by Crippen LogP contribution is -2.41. The molecule has 0 bridgehead atoms. The van der Waals surface area contributed by atoms with Gasteiger partial charge in [0.15, 0.2) is 11.5 Å². The summed E-state index contributed by atoms with van der Waals surface area (Å²) in [4.78, 5) is 13.0. The van der Waals surface area contributed by atoms with Crippen LogP contribution in [0.1, 0.15) is 16.7 Å². The lowest BCUT2D eigenvalue weighted by Gasteiger charge is -2.26. The monoisotopic (exact) mass is 482 g/mol. The highest BCUT2D eigenvalue weighted by atomic mass is 32.2. The number of hydrogen-bond acceptors (Lipinski definition) is 5. The van der Waals surface area contributed by atoms with E-state index in [-0.39, 0.29) is 17.3 Å². The highest BCUT2D eigenvalue weighted by Gasteiger charge is 2.28. The Bertz CT molecular complexity index is 1240. The van der Waals surface area contributed by atoms with Gasteiger partial charge in [-0.3, -0.25) is 9.10 Å². The highest BCUT2D eigenvalue weighted by Crippen LogP contribution is 2.29. The van der Waals surface area contributed by atoms with Gasteiger partial charge in [0, 0.05) is 6.54 Å². The van der Waals surface area contributed by atoms with Crippen LogP contribution in [0.5, 0.6) is 11.5 Å². The first kappa shape index (κ1) is 25.1. The van der Waals surface area contributed by atoms with Gasteiger partial charge in [-0.05, 0) is 67.3 Å². The van der Waals surface area contributed by atoms with E-state index in [1.54, 1.807) is 44.6 Å². The van der Waals surface area contributed by atoms with Crippen molar-refractivity contribution in [2.24, 2.45) is 0 Å². The van der Waals surface area contributed by atoms with Gasteiger partial charge in [0.05, 0.1) is 24.8 Å². The summed E-state index contributed by atoms with van der Waals surface area (Å²) in [7, 11) is -0.800. The smallest absolute Gasteiger partial charge is 0.264 e. The lowest BCUT2D eigenvalue weighted by atomic mass is 10.1. The summed E-state index contributed by atoms with van der Waals surface area (Å²) in [6, 6.07) is 19.1. The maximum absolute atomic E-state index is 13.5. The number of amides is 1. The summed E-state index contributed by atoms with van der Waals surface area (Å²) in [5.41, 5.74) is 3.19.